The van der Waals surface area contributed by atoms with E-state index in [2.05, 4.69) is 35.9 Å². The molecular formula is C11H14N2. The Bertz CT molecular complexity index is 318. The maximum absolute atomic E-state index is 3.25. The van der Waals surface area contributed by atoms with E-state index in [1.807, 2.05) is 24.7 Å². The van der Waals surface area contributed by atoms with Crippen molar-refractivity contribution < 1.29 is 0 Å². The van der Waals surface area contributed by atoms with E-state index in [4.69, 9.17) is 0 Å². The van der Waals surface area contributed by atoms with E-state index >= 15 is 0 Å². The average molecular weight is 174 g/mol. The third-order valence-corrected chi connectivity index (χ3v) is 2.59. The second kappa shape index (κ2) is 2.80. The first-order valence-corrected chi connectivity index (χ1v) is 4.48. The van der Waals surface area contributed by atoms with Crippen LogP contribution in [0, 0.1) is 0 Å². The van der Waals surface area contributed by atoms with Gasteiger partial charge in [-0.15, -0.1) is 0 Å². The number of H-pyrrole nitrogens is 2. The van der Waals surface area contributed by atoms with Crippen LogP contribution >= 0.6 is 0 Å². The van der Waals surface area contributed by atoms with E-state index < -0.39 is 0 Å². The third kappa shape index (κ3) is 1.28. The number of hydrogen-bond acceptors (Lipinski definition) is 0. The summed E-state index contributed by atoms with van der Waals surface area (Å²) < 4.78 is 0. The van der Waals surface area contributed by atoms with Crippen LogP contribution in [0.4, 0.5) is 0 Å². The van der Waals surface area contributed by atoms with Crippen molar-refractivity contribution >= 4 is 0 Å². The molecule has 2 rings (SSSR count). The summed E-state index contributed by atoms with van der Waals surface area (Å²) in [6, 6.07) is 6.26. The lowest BCUT2D eigenvalue weighted by Gasteiger charge is -2.22. The quantitative estimate of drug-likeness (QED) is 0.701. The van der Waals surface area contributed by atoms with E-state index in [1.165, 1.54) is 11.3 Å². The van der Waals surface area contributed by atoms with Gasteiger partial charge in [0.1, 0.15) is 0 Å². The van der Waals surface area contributed by atoms with Crippen molar-refractivity contribution in [3.63, 3.8) is 0 Å². The highest BCUT2D eigenvalue weighted by Gasteiger charge is 2.23. The van der Waals surface area contributed by atoms with Crippen molar-refractivity contribution in [1.82, 2.24) is 9.97 Å². The Hall–Kier alpha value is -1.44. The third-order valence-electron chi connectivity index (χ3n) is 2.59. The number of hydrogen-bond donors (Lipinski definition) is 2. The second-order valence-electron chi connectivity index (χ2n) is 3.81. The predicted octanol–water partition coefficient (Wildman–Crippen LogP) is 2.67. The van der Waals surface area contributed by atoms with Gasteiger partial charge in [-0.25, -0.2) is 0 Å². The van der Waals surface area contributed by atoms with E-state index in [0.29, 0.717) is 0 Å². The van der Waals surface area contributed by atoms with Gasteiger partial charge < -0.3 is 9.97 Å². The Morgan fingerprint density at radius 3 is 2.54 bits per heavy atom. The molecular weight excluding hydrogens is 160 g/mol. The van der Waals surface area contributed by atoms with Crippen LogP contribution in [0.15, 0.2) is 36.8 Å². The molecule has 2 N–H and O–H groups in total. The summed E-state index contributed by atoms with van der Waals surface area (Å²) in [7, 11) is 0. The SMILES string of the molecule is CC(C)(c1cc[nH]c1)c1ccc[nH]1. The van der Waals surface area contributed by atoms with Crippen molar-refractivity contribution in [3.05, 3.63) is 48.0 Å². The van der Waals surface area contributed by atoms with Crippen LogP contribution in [0.1, 0.15) is 25.1 Å². The molecule has 0 saturated carbocycles. The number of aromatic amines is 2. The van der Waals surface area contributed by atoms with Crippen LogP contribution in [0.2, 0.25) is 0 Å². The highest BCUT2D eigenvalue weighted by molar-refractivity contribution is 5.31. The Labute approximate surface area is 78.0 Å². The molecule has 0 aliphatic carbocycles. The number of rotatable bonds is 2. The molecule has 0 amide bonds. The van der Waals surface area contributed by atoms with E-state index in [0.717, 1.165) is 0 Å². The van der Waals surface area contributed by atoms with Crippen molar-refractivity contribution in [3.8, 4) is 0 Å². The smallest absolute Gasteiger partial charge is 0.0312 e. The van der Waals surface area contributed by atoms with Gasteiger partial charge in [0.2, 0.25) is 0 Å². The van der Waals surface area contributed by atoms with Crippen molar-refractivity contribution in [2.45, 2.75) is 19.3 Å². The number of nitrogens with one attached hydrogen (secondary N) is 2. The summed E-state index contributed by atoms with van der Waals surface area (Å²) in [5, 5.41) is 0. The molecule has 0 aliphatic rings. The molecule has 0 spiro atoms. The minimum atomic E-state index is 0.0590. The minimum Gasteiger partial charge on any atom is -0.367 e. The van der Waals surface area contributed by atoms with Gasteiger partial charge in [0.15, 0.2) is 0 Å². The molecule has 13 heavy (non-hydrogen) atoms. The molecule has 0 unspecified atom stereocenters. The summed E-state index contributed by atoms with van der Waals surface area (Å²) in [6.07, 6.45) is 5.96. The summed E-state index contributed by atoms with van der Waals surface area (Å²) in [4.78, 5) is 6.34. The molecule has 68 valence electrons. The van der Waals surface area contributed by atoms with E-state index in [-0.39, 0.29) is 5.41 Å². The molecule has 2 heterocycles. The zero-order valence-electron chi connectivity index (χ0n) is 7.96. The van der Waals surface area contributed by atoms with Gasteiger partial charge in [0, 0.05) is 29.7 Å². The fraction of sp³-hybridized carbons (Fsp3) is 0.273. The molecule has 0 saturated heterocycles. The monoisotopic (exact) mass is 174 g/mol. The minimum absolute atomic E-state index is 0.0590. The Balaban J connectivity index is 2.42. The lowest BCUT2D eigenvalue weighted by atomic mass is 9.83. The lowest BCUT2D eigenvalue weighted by Crippen LogP contribution is -2.18. The summed E-state index contributed by atoms with van der Waals surface area (Å²) >= 11 is 0. The summed E-state index contributed by atoms with van der Waals surface area (Å²) in [5.41, 5.74) is 2.60. The average Bonchev–Trinajstić information content (AvgIpc) is 2.78. The molecule has 0 aromatic carbocycles. The Kier molecular flexibility index (Phi) is 1.76. The van der Waals surface area contributed by atoms with Gasteiger partial charge in [0.05, 0.1) is 0 Å². The molecule has 2 aromatic heterocycles. The Morgan fingerprint density at radius 1 is 1.15 bits per heavy atom. The zero-order valence-corrected chi connectivity index (χ0v) is 7.96. The van der Waals surface area contributed by atoms with Crippen molar-refractivity contribution in [1.29, 1.82) is 0 Å². The van der Waals surface area contributed by atoms with Crippen LogP contribution in [0.25, 0.3) is 0 Å². The summed E-state index contributed by atoms with van der Waals surface area (Å²) in [5.74, 6) is 0. The maximum atomic E-state index is 3.25. The first-order chi connectivity index (χ1) is 6.21. The standard InChI is InChI=1S/C11H14N2/c1-11(2,9-5-7-12-8-9)10-4-3-6-13-10/h3-8,12-13H,1-2H3. The van der Waals surface area contributed by atoms with Gasteiger partial charge in [-0.1, -0.05) is 13.8 Å². The molecule has 2 nitrogen and oxygen atoms in total. The van der Waals surface area contributed by atoms with E-state index in [1.54, 1.807) is 0 Å². The fourth-order valence-corrected chi connectivity index (χ4v) is 1.59. The number of aromatic nitrogens is 2. The molecule has 0 atom stereocenters. The van der Waals surface area contributed by atoms with E-state index in [9.17, 15) is 0 Å². The fourth-order valence-electron chi connectivity index (χ4n) is 1.59. The van der Waals surface area contributed by atoms with Gasteiger partial charge in [-0.2, -0.15) is 0 Å². The molecule has 0 radical (unpaired) electrons. The van der Waals surface area contributed by atoms with Crippen LogP contribution in [0.5, 0.6) is 0 Å². The second-order valence-corrected chi connectivity index (χ2v) is 3.81. The van der Waals surface area contributed by atoms with Gasteiger partial charge in [-0.05, 0) is 23.8 Å². The predicted molar refractivity (Wildman–Crippen MR) is 53.7 cm³/mol. The molecule has 0 aliphatic heterocycles. The largest absolute Gasteiger partial charge is 0.367 e. The highest BCUT2D eigenvalue weighted by atomic mass is 14.7. The first-order valence-electron chi connectivity index (χ1n) is 4.48. The van der Waals surface area contributed by atoms with Crippen molar-refractivity contribution in [2.75, 3.05) is 0 Å². The molecule has 2 aromatic rings. The highest BCUT2D eigenvalue weighted by Crippen LogP contribution is 2.29. The van der Waals surface area contributed by atoms with Gasteiger partial charge in [-0.3, -0.25) is 0 Å². The topological polar surface area (TPSA) is 31.6 Å². The van der Waals surface area contributed by atoms with Crippen LogP contribution in [0.3, 0.4) is 0 Å². The molecule has 0 fully saturated rings. The normalized spacial score (nSPS) is 11.8. The lowest BCUT2D eigenvalue weighted by molar-refractivity contribution is 0.622. The summed E-state index contributed by atoms with van der Waals surface area (Å²) in [6.45, 7) is 4.42. The van der Waals surface area contributed by atoms with Crippen LogP contribution in [-0.2, 0) is 5.41 Å². The Morgan fingerprint density at radius 2 is 2.00 bits per heavy atom. The molecule has 0 bridgehead atoms. The first kappa shape index (κ1) is 8.17. The van der Waals surface area contributed by atoms with Gasteiger partial charge >= 0.3 is 0 Å². The van der Waals surface area contributed by atoms with Crippen LogP contribution in [-0.4, -0.2) is 9.97 Å². The zero-order chi connectivity index (χ0) is 9.31. The van der Waals surface area contributed by atoms with Crippen LogP contribution < -0.4 is 0 Å². The maximum Gasteiger partial charge on any atom is 0.0312 e. The van der Waals surface area contributed by atoms with Crippen molar-refractivity contribution in [2.24, 2.45) is 0 Å². The molecule has 2 heteroatoms. The van der Waals surface area contributed by atoms with Gasteiger partial charge in [0.25, 0.3) is 0 Å².